The van der Waals surface area contributed by atoms with E-state index in [2.05, 4.69) is 52.0 Å². The molecule has 0 aliphatic carbocycles. The normalized spacial score (nSPS) is 18.5. The Hall–Kier alpha value is -2.88. The maximum Gasteiger partial charge on any atom is 0.119 e. The van der Waals surface area contributed by atoms with Gasteiger partial charge in [-0.2, -0.15) is 0 Å². The molecule has 28 heavy (non-hydrogen) atoms. The van der Waals surface area contributed by atoms with E-state index in [0.717, 1.165) is 34.3 Å². The van der Waals surface area contributed by atoms with E-state index in [1.165, 1.54) is 11.1 Å². The van der Waals surface area contributed by atoms with Crippen molar-refractivity contribution in [3.8, 4) is 11.5 Å². The third kappa shape index (κ3) is 2.75. The van der Waals surface area contributed by atoms with Crippen molar-refractivity contribution in [1.29, 1.82) is 0 Å². The lowest BCUT2D eigenvalue weighted by atomic mass is 9.79. The molecule has 0 bridgehead atoms. The number of nitrogens with zero attached hydrogens (tertiary/aromatic N) is 2. The first-order valence-electron chi connectivity index (χ1n) is 9.51. The third-order valence-electron chi connectivity index (χ3n) is 5.92. The predicted octanol–water partition coefficient (Wildman–Crippen LogP) is 5.69. The van der Waals surface area contributed by atoms with Crippen LogP contribution in [0.4, 0.5) is 11.4 Å². The summed E-state index contributed by atoms with van der Waals surface area (Å²) in [6.07, 6.45) is 4.21. The third-order valence-corrected chi connectivity index (χ3v) is 5.92. The molecule has 2 aliphatic rings. The van der Waals surface area contributed by atoms with E-state index < -0.39 is 0 Å². The molecule has 4 heteroatoms. The number of hydrogen-bond donors (Lipinski definition) is 0. The zero-order valence-electron chi connectivity index (χ0n) is 17.3. The van der Waals surface area contributed by atoms with E-state index in [1.807, 2.05) is 24.3 Å². The highest BCUT2D eigenvalue weighted by molar-refractivity contribution is 6.15. The minimum atomic E-state index is -0.181. The lowest BCUT2D eigenvalue weighted by Crippen LogP contribution is -2.26. The highest BCUT2D eigenvalue weighted by Crippen LogP contribution is 2.44. The molecule has 144 valence electrons. The topological polar surface area (TPSA) is 43.2 Å². The van der Waals surface area contributed by atoms with Gasteiger partial charge in [0.15, 0.2) is 0 Å². The molecule has 2 heterocycles. The van der Waals surface area contributed by atoms with Gasteiger partial charge in [-0.3, -0.25) is 9.98 Å². The number of ether oxygens (including phenoxy) is 2. The van der Waals surface area contributed by atoms with Crippen molar-refractivity contribution >= 4 is 22.8 Å². The van der Waals surface area contributed by atoms with Crippen LogP contribution in [0.1, 0.15) is 38.8 Å². The molecule has 0 saturated carbocycles. The van der Waals surface area contributed by atoms with Gasteiger partial charge in [-0.1, -0.05) is 27.7 Å². The summed E-state index contributed by atoms with van der Waals surface area (Å²) in [6.45, 7) is 8.79. The molecule has 0 atom stereocenters. The summed E-state index contributed by atoms with van der Waals surface area (Å²) >= 11 is 0. The van der Waals surface area contributed by atoms with Crippen molar-refractivity contribution in [3.05, 3.63) is 59.7 Å². The molecule has 0 radical (unpaired) electrons. The second kappa shape index (κ2) is 6.33. The quantitative estimate of drug-likeness (QED) is 0.690. The summed E-state index contributed by atoms with van der Waals surface area (Å²) in [5.74, 6) is 1.72. The first-order chi connectivity index (χ1) is 13.3. The predicted molar refractivity (Wildman–Crippen MR) is 115 cm³/mol. The Bertz CT molecular complexity index is 959. The average Bonchev–Trinajstić information content (AvgIpc) is 3.08. The van der Waals surface area contributed by atoms with Crippen molar-refractivity contribution in [3.63, 3.8) is 0 Å². The molecule has 0 aromatic heterocycles. The maximum atomic E-state index is 5.39. The zero-order valence-corrected chi connectivity index (χ0v) is 17.3. The molecule has 4 nitrogen and oxygen atoms in total. The largest absolute Gasteiger partial charge is 0.497 e. The van der Waals surface area contributed by atoms with Crippen molar-refractivity contribution in [1.82, 2.24) is 0 Å². The van der Waals surface area contributed by atoms with Crippen molar-refractivity contribution < 1.29 is 9.47 Å². The molecule has 2 aliphatic heterocycles. The summed E-state index contributed by atoms with van der Waals surface area (Å²) in [7, 11) is 3.39. The Morgan fingerprint density at radius 3 is 1.43 bits per heavy atom. The lowest BCUT2D eigenvalue weighted by Gasteiger charge is -2.22. The molecule has 0 amide bonds. The van der Waals surface area contributed by atoms with Gasteiger partial charge in [0, 0.05) is 10.8 Å². The van der Waals surface area contributed by atoms with Gasteiger partial charge in [-0.15, -0.1) is 0 Å². The van der Waals surface area contributed by atoms with Gasteiger partial charge in [-0.25, -0.2) is 0 Å². The smallest absolute Gasteiger partial charge is 0.119 e. The molecular formula is C24H26N2O2. The fourth-order valence-electron chi connectivity index (χ4n) is 3.94. The van der Waals surface area contributed by atoms with Crippen LogP contribution < -0.4 is 9.47 Å². The maximum absolute atomic E-state index is 5.39. The van der Waals surface area contributed by atoms with Gasteiger partial charge in [-0.05, 0) is 59.7 Å². The summed E-state index contributed by atoms with van der Waals surface area (Å²) in [6, 6.07) is 12.1. The molecular weight excluding hydrogens is 348 g/mol. The van der Waals surface area contributed by atoms with Gasteiger partial charge in [0.25, 0.3) is 0 Å². The Morgan fingerprint density at radius 1 is 0.679 bits per heavy atom. The Kier molecular flexibility index (Phi) is 4.18. The summed E-state index contributed by atoms with van der Waals surface area (Å²) < 4.78 is 10.8. The van der Waals surface area contributed by atoms with Crippen LogP contribution >= 0.6 is 0 Å². The van der Waals surface area contributed by atoms with E-state index in [0.29, 0.717) is 0 Å². The minimum absolute atomic E-state index is 0.181. The first-order valence-corrected chi connectivity index (χ1v) is 9.51. The number of benzene rings is 2. The van der Waals surface area contributed by atoms with Gasteiger partial charge < -0.3 is 9.47 Å². The van der Waals surface area contributed by atoms with Crippen LogP contribution in [-0.4, -0.2) is 25.6 Å². The molecule has 2 aromatic carbocycles. The number of aliphatic imine (C=N–C) groups is 2. The monoisotopic (exact) mass is 374 g/mol. The second-order valence-electron chi connectivity index (χ2n) is 8.34. The van der Waals surface area contributed by atoms with Gasteiger partial charge in [0.1, 0.15) is 11.5 Å². The van der Waals surface area contributed by atoms with Crippen LogP contribution in [0.25, 0.3) is 0 Å². The SMILES string of the molecule is COc1ccc2c(c1)C(C)(C)C(/C=C/C1=Nc3ccc(OC)cc3C1(C)C)=N2. The zero-order chi connectivity index (χ0) is 20.1. The van der Waals surface area contributed by atoms with Gasteiger partial charge >= 0.3 is 0 Å². The van der Waals surface area contributed by atoms with Crippen LogP contribution in [0.5, 0.6) is 11.5 Å². The van der Waals surface area contributed by atoms with E-state index >= 15 is 0 Å². The highest BCUT2D eigenvalue weighted by Gasteiger charge is 2.36. The van der Waals surface area contributed by atoms with Crippen LogP contribution in [0.15, 0.2) is 58.5 Å². The first kappa shape index (κ1) is 18.5. The molecule has 0 unspecified atom stereocenters. The molecule has 2 aromatic rings. The highest BCUT2D eigenvalue weighted by atomic mass is 16.5. The molecule has 0 N–H and O–H groups in total. The summed E-state index contributed by atoms with van der Waals surface area (Å²) in [5, 5.41) is 0. The summed E-state index contributed by atoms with van der Waals surface area (Å²) in [5.41, 5.74) is 6.08. The van der Waals surface area contributed by atoms with E-state index in [1.54, 1.807) is 14.2 Å². The van der Waals surface area contributed by atoms with E-state index in [-0.39, 0.29) is 10.8 Å². The number of allylic oxidation sites excluding steroid dienone is 2. The molecule has 0 fully saturated rings. The van der Waals surface area contributed by atoms with Crippen LogP contribution in [0, 0.1) is 0 Å². The lowest BCUT2D eigenvalue weighted by molar-refractivity contribution is 0.413. The summed E-state index contributed by atoms with van der Waals surface area (Å²) in [4.78, 5) is 9.73. The fourth-order valence-corrected chi connectivity index (χ4v) is 3.94. The molecule has 0 saturated heterocycles. The average molecular weight is 374 g/mol. The Morgan fingerprint density at radius 2 is 1.07 bits per heavy atom. The minimum Gasteiger partial charge on any atom is -0.497 e. The van der Waals surface area contributed by atoms with Crippen molar-refractivity contribution in [2.75, 3.05) is 14.2 Å². The standard InChI is InChI=1S/C24H26N2O2/c1-23(2)17-13-15(27-5)7-9-19(17)25-21(23)11-12-22-24(3,4)18-14-16(28-6)8-10-20(18)26-22/h7-14H,1-6H3/b12-11+. The van der Waals surface area contributed by atoms with Crippen molar-refractivity contribution in [2.24, 2.45) is 9.98 Å². The van der Waals surface area contributed by atoms with Crippen LogP contribution in [-0.2, 0) is 10.8 Å². The Labute approximate surface area is 166 Å². The van der Waals surface area contributed by atoms with Crippen LogP contribution in [0.2, 0.25) is 0 Å². The molecule has 4 rings (SSSR count). The number of hydrogen-bond acceptors (Lipinski definition) is 4. The fraction of sp³-hybridized carbons (Fsp3) is 0.333. The number of rotatable bonds is 4. The van der Waals surface area contributed by atoms with Crippen molar-refractivity contribution in [2.45, 2.75) is 38.5 Å². The van der Waals surface area contributed by atoms with Gasteiger partial charge in [0.05, 0.1) is 37.0 Å². The second-order valence-corrected chi connectivity index (χ2v) is 8.34. The number of methoxy groups -OCH3 is 2. The van der Waals surface area contributed by atoms with Gasteiger partial charge in [0.2, 0.25) is 0 Å². The van der Waals surface area contributed by atoms with E-state index in [4.69, 9.17) is 19.5 Å². The van der Waals surface area contributed by atoms with E-state index in [9.17, 15) is 0 Å². The molecule has 0 spiro atoms. The van der Waals surface area contributed by atoms with Crippen LogP contribution in [0.3, 0.4) is 0 Å². The Balaban J connectivity index is 1.65. The number of fused-ring (bicyclic) bond motifs is 2.